The molecule has 4 rings (SSSR count). The number of rotatable bonds is 8. The van der Waals surface area contributed by atoms with Crippen LogP contribution >= 0.6 is 11.3 Å². The van der Waals surface area contributed by atoms with E-state index in [1.807, 2.05) is 17.5 Å². The first-order valence-electron chi connectivity index (χ1n) is 10.4. The van der Waals surface area contributed by atoms with Crippen LogP contribution in [0.5, 0.6) is 23.0 Å². The highest BCUT2D eigenvalue weighted by Crippen LogP contribution is 2.37. The number of amides is 3. The van der Waals surface area contributed by atoms with Crippen LogP contribution in [0.3, 0.4) is 0 Å². The molecule has 1 fully saturated rings. The van der Waals surface area contributed by atoms with Crippen molar-refractivity contribution >= 4 is 23.3 Å². The lowest BCUT2D eigenvalue weighted by molar-refractivity contribution is -0.131. The minimum absolute atomic E-state index is 0.0529. The number of nitrogens with one attached hydrogen (secondary N) is 1. The minimum Gasteiger partial charge on any atom is -0.493 e. The molecule has 3 aromatic rings. The van der Waals surface area contributed by atoms with Crippen LogP contribution in [0.4, 0.5) is 4.79 Å². The van der Waals surface area contributed by atoms with Gasteiger partial charge in [0.05, 0.1) is 40.7 Å². The lowest BCUT2D eigenvalue weighted by Gasteiger charge is -2.23. The Morgan fingerprint density at radius 3 is 2.18 bits per heavy atom. The maximum atomic E-state index is 13.3. The van der Waals surface area contributed by atoms with Crippen molar-refractivity contribution in [2.75, 3.05) is 28.4 Å². The Balaban J connectivity index is 1.56. The number of thiazole rings is 1. The molecule has 0 spiro atoms. The highest BCUT2D eigenvalue weighted by atomic mass is 32.1. The van der Waals surface area contributed by atoms with Crippen LogP contribution in [0.2, 0.25) is 0 Å². The topological polar surface area (TPSA) is 99.2 Å². The Labute approximate surface area is 201 Å². The van der Waals surface area contributed by atoms with Gasteiger partial charge in [0.25, 0.3) is 5.91 Å². The number of hydrogen-bond donors (Lipinski definition) is 1. The van der Waals surface area contributed by atoms with Gasteiger partial charge in [-0.1, -0.05) is 6.07 Å². The normalized spacial score (nSPS) is 17.5. The fourth-order valence-electron chi connectivity index (χ4n) is 3.83. The number of benzene rings is 2. The molecule has 2 heterocycles. The Bertz CT molecular complexity index is 1240. The summed E-state index contributed by atoms with van der Waals surface area (Å²) in [5, 5.41) is 5.38. The van der Waals surface area contributed by atoms with E-state index in [0.717, 1.165) is 10.6 Å². The first-order chi connectivity index (χ1) is 16.3. The Morgan fingerprint density at radius 1 is 0.912 bits per heavy atom. The van der Waals surface area contributed by atoms with E-state index < -0.39 is 11.6 Å². The number of carbonyl (C=O) groups is 2. The Morgan fingerprint density at radius 2 is 1.53 bits per heavy atom. The number of hydrogen-bond acceptors (Lipinski definition) is 8. The lowest BCUT2D eigenvalue weighted by atomic mass is 9.91. The van der Waals surface area contributed by atoms with E-state index in [4.69, 9.17) is 18.9 Å². The SMILES string of the molecule is COc1ccc(-c2nc(CN3C(=O)NC(C)(c4ccc(OC)c(OC)c4)C3=O)cs2)cc1OC. The smallest absolute Gasteiger partial charge is 0.325 e. The number of urea groups is 1. The largest absolute Gasteiger partial charge is 0.493 e. The van der Waals surface area contributed by atoms with E-state index in [9.17, 15) is 9.59 Å². The summed E-state index contributed by atoms with van der Waals surface area (Å²) in [6, 6.07) is 10.2. The molecule has 0 saturated carbocycles. The molecule has 1 aromatic heterocycles. The minimum atomic E-state index is -1.24. The molecule has 1 unspecified atom stereocenters. The van der Waals surface area contributed by atoms with E-state index in [1.165, 1.54) is 30.5 Å². The number of carbonyl (C=O) groups excluding carboxylic acids is 2. The highest BCUT2D eigenvalue weighted by Gasteiger charge is 2.49. The summed E-state index contributed by atoms with van der Waals surface area (Å²) in [6.45, 7) is 1.72. The maximum absolute atomic E-state index is 13.3. The number of ether oxygens (including phenoxy) is 4. The molecule has 10 heteroatoms. The van der Waals surface area contributed by atoms with E-state index in [2.05, 4.69) is 10.3 Å². The Kier molecular flexibility index (Phi) is 6.34. The first kappa shape index (κ1) is 23.4. The van der Waals surface area contributed by atoms with Crippen molar-refractivity contribution in [1.29, 1.82) is 0 Å². The molecule has 0 bridgehead atoms. The first-order valence-corrected chi connectivity index (χ1v) is 11.3. The zero-order valence-corrected chi connectivity index (χ0v) is 20.3. The molecule has 1 atom stereocenters. The number of imide groups is 1. The third-order valence-corrected chi connectivity index (χ3v) is 6.68. The molecule has 1 saturated heterocycles. The molecule has 1 aliphatic rings. The fraction of sp³-hybridized carbons (Fsp3) is 0.292. The van der Waals surface area contributed by atoms with E-state index >= 15 is 0 Å². The van der Waals surface area contributed by atoms with Crippen LogP contribution in [0.15, 0.2) is 41.8 Å². The monoisotopic (exact) mass is 483 g/mol. The zero-order valence-electron chi connectivity index (χ0n) is 19.5. The van der Waals surface area contributed by atoms with Crippen molar-refractivity contribution in [2.24, 2.45) is 0 Å². The number of aromatic nitrogens is 1. The summed E-state index contributed by atoms with van der Waals surface area (Å²) in [5.41, 5.74) is 0.810. The molecule has 1 aliphatic heterocycles. The average Bonchev–Trinajstić information content (AvgIpc) is 3.42. The van der Waals surface area contributed by atoms with Crippen LogP contribution in [0.25, 0.3) is 10.6 Å². The van der Waals surface area contributed by atoms with Gasteiger partial charge in [-0.2, -0.15) is 0 Å². The molecule has 3 amide bonds. The predicted molar refractivity (Wildman–Crippen MR) is 127 cm³/mol. The molecule has 1 N–H and O–H groups in total. The lowest BCUT2D eigenvalue weighted by Crippen LogP contribution is -2.40. The van der Waals surface area contributed by atoms with Crippen molar-refractivity contribution in [3.05, 3.63) is 53.0 Å². The van der Waals surface area contributed by atoms with Gasteiger partial charge >= 0.3 is 6.03 Å². The summed E-state index contributed by atoms with van der Waals surface area (Å²) < 4.78 is 21.3. The standard InChI is InChI=1S/C24H25N3O6S/c1-24(15-7-9-18(31-3)20(11-15)33-5)22(28)27(23(29)26-24)12-16-13-34-21(25-16)14-6-8-17(30-2)19(10-14)32-4/h6-11,13H,12H2,1-5H3,(H,26,29). The predicted octanol–water partition coefficient (Wildman–Crippen LogP) is 3.81. The quantitative estimate of drug-likeness (QED) is 0.487. The Hall–Kier alpha value is -3.79. The van der Waals surface area contributed by atoms with Gasteiger partial charge < -0.3 is 24.3 Å². The average molecular weight is 484 g/mol. The molecule has 0 radical (unpaired) electrons. The van der Waals surface area contributed by atoms with Crippen molar-refractivity contribution in [1.82, 2.24) is 15.2 Å². The van der Waals surface area contributed by atoms with Gasteiger partial charge in [-0.15, -0.1) is 11.3 Å². The molecule has 0 aliphatic carbocycles. The van der Waals surface area contributed by atoms with Gasteiger partial charge in [-0.05, 0) is 42.8 Å². The highest BCUT2D eigenvalue weighted by molar-refractivity contribution is 7.13. The van der Waals surface area contributed by atoms with Crippen LogP contribution in [0.1, 0.15) is 18.2 Å². The molecule has 34 heavy (non-hydrogen) atoms. The van der Waals surface area contributed by atoms with Crippen LogP contribution in [-0.4, -0.2) is 50.3 Å². The molecule has 9 nitrogen and oxygen atoms in total. The van der Waals surface area contributed by atoms with Crippen LogP contribution < -0.4 is 24.3 Å². The van der Waals surface area contributed by atoms with E-state index in [0.29, 0.717) is 34.3 Å². The van der Waals surface area contributed by atoms with Crippen molar-refractivity contribution < 1.29 is 28.5 Å². The fourth-order valence-corrected chi connectivity index (χ4v) is 4.63. The maximum Gasteiger partial charge on any atom is 0.325 e. The van der Waals surface area contributed by atoms with E-state index in [-0.39, 0.29) is 12.5 Å². The molecule has 178 valence electrons. The third kappa shape index (κ3) is 4.01. The summed E-state index contributed by atoms with van der Waals surface area (Å²) in [6.07, 6.45) is 0. The molecular formula is C24H25N3O6S. The van der Waals surface area contributed by atoms with Gasteiger partial charge in [-0.3, -0.25) is 9.69 Å². The van der Waals surface area contributed by atoms with Crippen LogP contribution in [-0.2, 0) is 16.9 Å². The third-order valence-electron chi connectivity index (χ3n) is 5.74. The zero-order chi connectivity index (χ0) is 24.5. The van der Waals surface area contributed by atoms with Crippen molar-refractivity contribution in [3.63, 3.8) is 0 Å². The summed E-state index contributed by atoms with van der Waals surface area (Å²) in [7, 11) is 6.20. The van der Waals surface area contributed by atoms with Gasteiger partial charge in [0.1, 0.15) is 10.5 Å². The molecular weight excluding hydrogens is 458 g/mol. The van der Waals surface area contributed by atoms with Crippen molar-refractivity contribution in [2.45, 2.75) is 19.0 Å². The molecule has 2 aromatic carbocycles. The van der Waals surface area contributed by atoms with Gasteiger partial charge in [0, 0.05) is 10.9 Å². The van der Waals surface area contributed by atoms with E-state index in [1.54, 1.807) is 45.4 Å². The number of methoxy groups -OCH3 is 4. The summed E-state index contributed by atoms with van der Waals surface area (Å²) in [5.74, 6) is 1.85. The summed E-state index contributed by atoms with van der Waals surface area (Å²) >= 11 is 1.42. The second kappa shape index (κ2) is 9.22. The van der Waals surface area contributed by atoms with Gasteiger partial charge in [0.2, 0.25) is 0 Å². The van der Waals surface area contributed by atoms with Gasteiger partial charge in [-0.25, -0.2) is 9.78 Å². The number of nitrogens with zero attached hydrogens (tertiary/aromatic N) is 2. The second-order valence-corrected chi connectivity index (χ2v) is 8.59. The van der Waals surface area contributed by atoms with Crippen molar-refractivity contribution in [3.8, 4) is 33.6 Å². The van der Waals surface area contributed by atoms with Crippen LogP contribution in [0, 0.1) is 0 Å². The second-order valence-electron chi connectivity index (χ2n) is 7.73. The van der Waals surface area contributed by atoms with Gasteiger partial charge in [0.15, 0.2) is 23.0 Å². The summed E-state index contributed by atoms with van der Waals surface area (Å²) in [4.78, 5) is 31.9.